The normalized spacial score (nSPS) is 10.8. The van der Waals surface area contributed by atoms with Crippen molar-refractivity contribution in [1.82, 2.24) is 19.7 Å². The van der Waals surface area contributed by atoms with Crippen LogP contribution in [0.15, 0.2) is 41.2 Å². The fraction of sp³-hybridized carbons (Fsp3) is 0.133. The lowest BCUT2D eigenvalue weighted by Gasteiger charge is -2.03. The van der Waals surface area contributed by atoms with Crippen LogP contribution in [0, 0.1) is 13.8 Å². The summed E-state index contributed by atoms with van der Waals surface area (Å²) >= 11 is 0. The molecule has 6 heteroatoms. The maximum Gasteiger partial charge on any atom is 0.297 e. The van der Waals surface area contributed by atoms with E-state index < -0.39 is 0 Å². The van der Waals surface area contributed by atoms with Gasteiger partial charge in [-0.2, -0.15) is 4.68 Å². The SMILES string of the molecule is Cc1cc(C)nc(-n2[nH]c(-c3ccccc3)c(N)c2=O)n1. The molecular formula is C15H15N5O. The molecule has 21 heavy (non-hydrogen) atoms. The summed E-state index contributed by atoms with van der Waals surface area (Å²) in [5.41, 5.74) is 8.73. The lowest BCUT2D eigenvalue weighted by Crippen LogP contribution is -2.19. The average molecular weight is 281 g/mol. The first-order valence-corrected chi connectivity index (χ1v) is 6.55. The van der Waals surface area contributed by atoms with E-state index in [4.69, 9.17) is 5.73 Å². The first-order chi connectivity index (χ1) is 10.1. The minimum Gasteiger partial charge on any atom is -0.392 e. The van der Waals surface area contributed by atoms with Gasteiger partial charge in [0.05, 0.1) is 5.69 Å². The van der Waals surface area contributed by atoms with Gasteiger partial charge < -0.3 is 5.73 Å². The maximum absolute atomic E-state index is 12.3. The van der Waals surface area contributed by atoms with E-state index in [2.05, 4.69) is 15.1 Å². The second-order valence-electron chi connectivity index (χ2n) is 4.86. The molecule has 0 aliphatic heterocycles. The minimum atomic E-state index is -0.348. The van der Waals surface area contributed by atoms with Crippen LogP contribution in [0.2, 0.25) is 0 Å². The number of anilines is 1. The highest BCUT2D eigenvalue weighted by atomic mass is 16.1. The smallest absolute Gasteiger partial charge is 0.297 e. The molecule has 1 aromatic carbocycles. The molecule has 3 rings (SSSR count). The van der Waals surface area contributed by atoms with Crippen molar-refractivity contribution in [3.8, 4) is 17.2 Å². The monoisotopic (exact) mass is 281 g/mol. The first-order valence-electron chi connectivity index (χ1n) is 6.55. The summed E-state index contributed by atoms with van der Waals surface area (Å²) in [6.45, 7) is 3.71. The molecule has 0 spiro atoms. The zero-order valence-corrected chi connectivity index (χ0v) is 11.8. The fourth-order valence-electron chi connectivity index (χ4n) is 2.22. The Morgan fingerprint density at radius 2 is 1.71 bits per heavy atom. The Hall–Kier alpha value is -2.89. The Bertz CT molecular complexity index is 828. The maximum atomic E-state index is 12.3. The predicted molar refractivity (Wildman–Crippen MR) is 81.3 cm³/mol. The standard InChI is InChI=1S/C15H15N5O/c1-9-8-10(2)18-15(17-9)20-14(21)12(16)13(19-20)11-6-4-3-5-7-11/h3-8,19H,16H2,1-2H3. The van der Waals surface area contributed by atoms with Crippen LogP contribution in [0.5, 0.6) is 0 Å². The van der Waals surface area contributed by atoms with Gasteiger partial charge in [-0.05, 0) is 19.9 Å². The Morgan fingerprint density at radius 1 is 1.10 bits per heavy atom. The number of hydrogen-bond donors (Lipinski definition) is 2. The highest BCUT2D eigenvalue weighted by molar-refractivity contribution is 5.72. The molecule has 6 nitrogen and oxygen atoms in total. The topological polar surface area (TPSA) is 89.6 Å². The second kappa shape index (κ2) is 4.90. The van der Waals surface area contributed by atoms with Gasteiger partial charge in [-0.25, -0.2) is 9.97 Å². The van der Waals surface area contributed by atoms with Gasteiger partial charge >= 0.3 is 0 Å². The van der Waals surface area contributed by atoms with E-state index in [-0.39, 0.29) is 11.2 Å². The summed E-state index contributed by atoms with van der Waals surface area (Å²) in [5.74, 6) is 0.298. The third-order valence-corrected chi connectivity index (χ3v) is 3.16. The minimum absolute atomic E-state index is 0.156. The predicted octanol–water partition coefficient (Wildman–Crippen LogP) is 1.82. The number of nitrogen functional groups attached to an aromatic ring is 1. The molecule has 0 aliphatic carbocycles. The molecule has 3 aromatic rings. The largest absolute Gasteiger partial charge is 0.392 e. The van der Waals surface area contributed by atoms with Crippen LogP contribution >= 0.6 is 0 Å². The number of H-pyrrole nitrogens is 1. The molecule has 0 unspecified atom stereocenters. The van der Waals surface area contributed by atoms with E-state index in [0.717, 1.165) is 17.0 Å². The number of nitrogens with two attached hydrogens (primary N) is 1. The number of aryl methyl sites for hydroxylation is 2. The molecule has 0 aliphatic rings. The molecular weight excluding hydrogens is 266 g/mol. The zero-order chi connectivity index (χ0) is 15.0. The lowest BCUT2D eigenvalue weighted by molar-refractivity contribution is 0.774. The third-order valence-electron chi connectivity index (χ3n) is 3.16. The van der Waals surface area contributed by atoms with Gasteiger partial charge in [0.25, 0.3) is 11.5 Å². The zero-order valence-electron chi connectivity index (χ0n) is 11.8. The molecule has 0 amide bonds. The molecule has 3 N–H and O–H groups in total. The number of benzene rings is 1. The highest BCUT2D eigenvalue weighted by Gasteiger charge is 2.15. The second-order valence-corrected chi connectivity index (χ2v) is 4.86. The number of rotatable bonds is 2. The summed E-state index contributed by atoms with van der Waals surface area (Å²) in [6.07, 6.45) is 0. The van der Waals surface area contributed by atoms with E-state index in [1.807, 2.05) is 50.2 Å². The van der Waals surface area contributed by atoms with Crippen molar-refractivity contribution in [1.29, 1.82) is 0 Å². The van der Waals surface area contributed by atoms with Crippen molar-refractivity contribution in [2.45, 2.75) is 13.8 Å². The third kappa shape index (κ3) is 2.31. The summed E-state index contributed by atoms with van der Waals surface area (Å²) < 4.78 is 1.28. The first kappa shape index (κ1) is 13.1. The van der Waals surface area contributed by atoms with Crippen molar-refractivity contribution >= 4 is 5.69 Å². The molecule has 0 saturated heterocycles. The molecule has 2 heterocycles. The van der Waals surface area contributed by atoms with E-state index in [0.29, 0.717) is 11.6 Å². The molecule has 0 saturated carbocycles. The Labute approximate surface area is 121 Å². The van der Waals surface area contributed by atoms with Gasteiger partial charge in [0.15, 0.2) is 0 Å². The van der Waals surface area contributed by atoms with Crippen molar-refractivity contribution in [2.24, 2.45) is 0 Å². The Morgan fingerprint density at radius 3 is 2.33 bits per heavy atom. The molecule has 0 atom stereocenters. The molecule has 2 aromatic heterocycles. The quantitative estimate of drug-likeness (QED) is 0.749. The highest BCUT2D eigenvalue weighted by Crippen LogP contribution is 2.21. The van der Waals surface area contributed by atoms with Crippen LogP contribution in [0.3, 0.4) is 0 Å². The van der Waals surface area contributed by atoms with Crippen LogP contribution in [0.1, 0.15) is 11.4 Å². The molecule has 106 valence electrons. The van der Waals surface area contributed by atoms with E-state index >= 15 is 0 Å². The summed E-state index contributed by atoms with van der Waals surface area (Å²) in [6, 6.07) is 11.3. The van der Waals surface area contributed by atoms with Crippen molar-refractivity contribution in [3.63, 3.8) is 0 Å². The van der Waals surface area contributed by atoms with Gasteiger partial charge in [-0.15, -0.1) is 0 Å². The molecule has 0 radical (unpaired) electrons. The number of aromatic amines is 1. The van der Waals surface area contributed by atoms with Gasteiger partial charge in [0, 0.05) is 17.0 Å². The van der Waals surface area contributed by atoms with Crippen LogP contribution in [-0.2, 0) is 0 Å². The van der Waals surface area contributed by atoms with Gasteiger partial charge in [-0.3, -0.25) is 9.89 Å². The Kier molecular flexibility index (Phi) is 3.06. The average Bonchev–Trinajstić information content (AvgIpc) is 2.75. The number of hydrogen-bond acceptors (Lipinski definition) is 4. The van der Waals surface area contributed by atoms with Crippen molar-refractivity contribution in [3.05, 3.63) is 58.1 Å². The lowest BCUT2D eigenvalue weighted by atomic mass is 10.1. The summed E-state index contributed by atoms with van der Waals surface area (Å²) in [5, 5.41) is 2.99. The van der Waals surface area contributed by atoms with Crippen LogP contribution < -0.4 is 11.3 Å². The van der Waals surface area contributed by atoms with Crippen LogP contribution in [0.25, 0.3) is 17.2 Å². The molecule has 0 bridgehead atoms. The van der Waals surface area contributed by atoms with Crippen LogP contribution in [0.4, 0.5) is 5.69 Å². The van der Waals surface area contributed by atoms with Gasteiger partial charge in [0.1, 0.15) is 5.69 Å². The van der Waals surface area contributed by atoms with E-state index in [1.165, 1.54) is 4.68 Å². The van der Waals surface area contributed by atoms with E-state index in [9.17, 15) is 4.79 Å². The van der Waals surface area contributed by atoms with Crippen molar-refractivity contribution in [2.75, 3.05) is 5.73 Å². The Balaban J connectivity index is 2.20. The van der Waals surface area contributed by atoms with Crippen LogP contribution in [-0.4, -0.2) is 19.7 Å². The van der Waals surface area contributed by atoms with Gasteiger partial charge in [0.2, 0.25) is 0 Å². The van der Waals surface area contributed by atoms with Gasteiger partial charge in [-0.1, -0.05) is 30.3 Å². The molecule has 0 fully saturated rings. The fourth-order valence-corrected chi connectivity index (χ4v) is 2.22. The van der Waals surface area contributed by atoms with Crippen molar-refractivity contribution < 1.29 is 0 Å². The number of aromatic nitrogens is 4. The summed E-state index contributed by atoms with van der Waals surface area (Å²) in [4.78, 5) is 20.9. The summed E-state index contributed by atoms with van der Waals surface area (Å²) in [7, 11) is 0. The number of nitrogens with one attached hydrogen (secondary N) is 1. The van der Waals surface area contributed by atoms with E-state index in [1.54, 1.807) is 0 Å². The number of nitrogens with zero attached hydrogens (tertiary/aromatic N) is 3.